The molecule has 1 aliphatic carbocycles. The van der Waals surface area contributed by atoms with Crippen LogP contribution in [0.5, 0.6) is 5.75 Å². The SMILES string of the molecule is CCNC(=O)C1(NC(=O)c2ccccc2OCCOC)CCCCC1. The van der Waals surface area contributed by atoms with Gasteiger partial charge in [-0.15, -0.1) is 0 Å². The Kier molecular flexibility index (Phi) is 7.25. The number of carbonyl (C=O) groups excluding carboxylic acids is 2. The Bertz CT molecular complexity index is 583. The zero-order valence-corrected chi connectivity index (χ0v) is 15.1. The maximum Gasteiger partial charge on any atom is 0.255 e. The Morgan fingerprint density at radius 2 is 1.84 bits per heavy atom. The number of benzene rings is 1. The normalized spacial score (nSPS) is 16.1. The molecule has 1 aromatic carbocycles. The van der Waals surface area contributed by atoms with Gasteiger partial charge in [0.2, 0.25) is 5.91 Å². The molecule has 1 aliphatic rings. The van der Waals surface area contributed by atoms with Crippen LogP contribution in [0.3, 0.4) is 0 Å². The number of carbonyl (C=O) groups is 2. The maximum absolute atomic E-state index is 12.9. The third kappa shape index (κ3) is 4.95. The Morgan fingerprint density at radius 1 is 1.12 bits per heavy atom. The van der Waals surface area contributed by atoms with Crippen molar-refractivity contribution in [2.45, 2.75) is 44.6 Å². The predicted molar refractivity (Wildman–Crippen MR) is 95.8 cm³/mol. The molecule has 0 atom stereocenters. The summed E-state index contributed by atoms with van der Waals surface area (Å²) in [4.78, 5) is 25.5. The highest BCUT2D eigenvalue weighted by molar-refractivity contribution is 6.01. The van der Waals surface area contributed by atoms with Crippen molar-refractivity contribution in [1.82, 2.24) is 10.6 Å². The van der Waals surface area contributed by atoms with Crippen molar-refractivity contribution in [3.05, 3.63) is 29.8 Å². The number of methoxy groups -OCH3 is 1. The zero-order valence-electron chi connectivity index (χ0n) is 15.1. The summed E-state index contributed by atoms with van der Waals surface area (Å²) in [5.74, 6) is 0.126. The van der Waals surface area contributed by atoms with Crippen LogP contribution in [-0.2, 0) is 9.53 Å². The predicted octanol–water partition coefficient (Wildman–Crippen LogP) is 2.28. The average Bonchev–Trinajstić information content (AvgIpc) is 2.63. The van der Waals surface area contributed by atoms with Crippen molar-refractivity contribution < 1.29 is 19.1 Å². The van der Waals surface area contributed by atoms with Gasteiger partial charge in [-0.1, -0.05) is 31.4 Å². The van der Waals surface area contributed by atoms with Crippen LogP contribution in [0.15, 0.2) is 24.3 Å². The lowest BCUT2D eigenvalue weighted by atomic mass is 9.80. The van der Waals surface area contributed by atoms with Crippen LogP contribution in [-0.4, -0.2) is 44.2 Å². The molecule has 1 saturated carbocycles. The molecule has 2 N–H and O–H groups in total. The molecule has 6 nitrogen and oxygen atoms in total. The molecule has 0 spiro atoms. The van der Waals surface area contributed by atoms with Gasteiger partial charge in [0, 0.05) is 13.7 Å². The number of hydrogen-bond acceptors (Lipinski definition) is 4. The Labute approximate surface area is 149 Å². The molecule has 0 unspecified atom stereocenters. The Morgan fingerprint density at radius 3 is 2.52 bits per heavy atom. The van der Waals surface area contributed by atoms with Crippen molar-refractivity contribution in [2.75, 3.05) is 26.9 Å². The summed E-state index contributed by atoms with van der Waals surface area (Å²) in [5, 5.41) is 5.87. The van der Waals surface area contributed by atoms with Gasteiger partial charge in [0.15, 0.2) is 0 Å². The summed E-state index contributed by atoms with van der Waals surface area (Å²) in [5.41, 5.74) is -0.391. The quantitative estimate of drug-likeness (QED) is 0.707. The van der Waals surface area contributed by atoms with Crippen molar-refractivity contribution in [1.29, 1.82) is 0 Å². The number of nitrogens with one attached hydrogen (secondary N) is 2. The Balaban J connectivity index is 2.17. The fourth-order valence-electron chi connectivity index (χ4n) is 3.19. The lowest BCUT2D eigenvalue weighted by Crippen LogP contribution is -2.59. The van der Waals surface area contributed by atoms with Gasteiger partial charge in [0.1, 0.15) is 17.9 Å². The van der Waals surface area contributed by atoms with E-state index in [1.165, 1.54) is 0 Å². The third-order valence-corrected chi connectivity index (χ3v) is 4.51. The second-order valence-corrected chi connectivity index (χ2v) is 6.29. The molecule has 1 aromatic rings. The molecule has 0 radical (unpaired) electrons. The molecule has 6 heteroatoms. The molecule has 0 aromatic heterocycles. The third-order valence-electron chi connectivity index (χ3n) is 4.51. The van der Waals surface area contributed by atoms with Gasteiger partial charge < -0.3 is 20.1 Å². The first-order valence-corrected chi connectivity index (χ1v) is 8.94. The molecule has 25 heavy (non-hydrogen) atoms. The van der Waals surface area contributed by atoms with E-state index in [1.54, 1.807) is 25.3 Å². The van der Waals surface area contributed by atoms with E-state index in [4.69, 9.17) is 9.47 Å². The summed E-state index contributed by atoms with van der Waals surface area (Å²) in [6.45, 7) is 3.24. The van der Waals surface area contributed by atoms with E-state index in [1.807, 2.05) is 13.0 Å². The van der Waals surface area contributed by atoms with Crippen LogP contribution < -0.4 is 15.4 Å². The summed E-state index contributed by atoms with van der Waals surface area (Å²) in [6, 6.07) is 7.08. The summed E-state index contributed by atoms with van der Waals surface area (Å²) in [6.07, 6.45) is 4.29. The molecule has 0 saturated heterocycles. The summed E-state index contributed by atoms with van der Waals surface area (Å²) >= 11 is 0. The lowest BCUT2D eigenvalue weighted by Gasteiger charge is -2.36. The van der Waals surface area contributed by atoms with E-state index >= 15 is 0 Å². The van der Waals surface area contributed by atoms with E-state index in [-0.39, 0.29) is 11.8 Å². The van der Waals surface area contributed by atoms with Crippen LogP contribution in [0.1, 0.15) is 49.4 Å². The van der Waals surface area contributed by atoms with Gasteiger partial charge in [-0.2, -0.15) is 0 Å². The fourth-order valence-corrected chi connectivity index (χ4v) is 3.19. The van der Waals surface area contributed by atoms with Crippen molar-refractivity contribution in [2.24, 2.45) is 0 Å². The fraction of sp³-hybridized carbons (Fsp3) is 0.579. The lowest BCUT2D eigenvalue weighted by molar-refractivity contribution is -0.128. The van der Waals surface area contributed by atoms with Gasteiger partial charge in [-0.25, -0.2) is 0 Å². The first kappa shape index (κ1) is 19.2. The molecule has 138 valence electrons. The molecule has 0 heterocycles. The average molecular weight is 348 g/mol. The highest BCUT2D eigenvalue weighted by Crippen LogP contribution is 2.29. The van der Waals surface area contributed by atoms with Gasteiger partial charge >= 0.3 is 0 Å². The number of ether oxygens (including phenoxy) is 2. The molecule has 2 rings (SSSR count). The van der Waals surface area contributed by atoms with Gasteiger partial charge in [0.05, 0.1) is 12.2 Å². The van der Waals surface area contributed by atoms with E-state index in [2.05, 4.69) is 10.6 Å². The van der Waals surface area contributed by atoms with E-state index < -0.39 is 5.54 Å². The standard InChI is InChI=1S/C19H28N2O4/c1-3-20-18(23)19(11-7-4-8-12-19)21-17(22)15-9-5-6-10-16(15)25-14-13-24-2/h5-6,9-10H,3-4,7-8,11-14H2,1-2H3,(H,20,23)(H,21,22). The van der Waals surface area contributed by atoms with Crippen molar-refractivity contribution in [3.8, 4) is 5.75 Å². The largest absolute Gasteiger partial charge is 0.490 e. The van der Waals surface area contributed by atoms with Gasteiger partial charge in [0.25, 0.3) is 5.91 Å². The van der Waals surface area contributed by atoms with E-state index in [0.717, 1.165) is 19.3 Å². The van der Waals surface area contributed by atoms with Crippen LogP contribution in [0.25, 0.3) is 0 Å². The highest BCUT2D eigenvalue weighted by atomic mass is 16.5. The molecule has 0 aliphatic heterocycles. The highest BCUT2D eigenvalue weighted by Gasteiger charge is 2.41. The van der Waals surface area contributed by atoms with E-state index in [9.17, 15) is 9.59 Å². The van der Waals surface area contributed by atoms with Crippen LogP contribution in [0.4, 0.5) is 0 Å². The first-order valence-electron chi connectivity index (χ1n) is 8.94. The first-order chi connectivity index (χ1) is 12.1. The van der Waals surface area contributed by atoms with Crippen molar-refractivity contribution >= 4 is 11.8 Å². The number of likely N-dealkylation sites (N-methyl/N-ethyl adjacent to an activating group) is 1. The maximum atomic E-state index is 12.9. The smallest absolute Gasteiger partial charge is 0.255 e. The topological polar surface area (TPSA) is 76.7 Å². The minimum Gasteiger partial charge on any atom is -0.490 e. The number of rotatable bonds is 8. The minimum atomic E-state index is -0.828. The van der Waals surface area contributed by atoms with Crippen LogP contribution in [0.2, 0.25) is 0 Å². The van der Waals surface area contributed by atoms with Crippen LogP contribution in [0, 0.1) is 0 Å². The number of para-hydroxylation sites is 1. The molecule has 1 fully saturated rings. The second-order valence-electron chi connectivity index (χ2n) is 6.29. The molecular weight excluding hydrogens is 320 g/mol. The summed E-state index contributed by atoms with van der Waals surface area (Å²) < 4.78 is 10.6. The van der Waals surface area contributed by atoms with Crippen molar-refractivity contribution in [3.63, 3.8) is 0 Å². The van der Waals surface area contributed by atoms with Crippen LogP contribution >= 0.6 is 0 Å². The summed E-state index contributed by atoms with van der Waals surface area (Å²) in [7, 11) is 1.60. The van der Waals surface area contributed by atoms with Gasteiger partial charge in [-0.05, 0) is 31.9 Å². The molecule has 0 bridgehead atoms. The number of hydrogen-bond donors (Lipinski definition) is 2. The molecular formula is C19H28N2O4. The number of amides is 2. The second kappa shape index (κ2) is 9.42. The van der Waals surface area contributed by atoms with E-state index in [0.29, 0.717) is 43.9 Å². The zero-order chi connectivity index (χ0) is 18.1. The molecule has 2 amide bonds. The monoisotopic (exact) mass is 348 g/mol. The minimum absolute atomic E-state index is 0.0965. The Hall–Kier alpha value is -2.08. The van der Waals surface area contributed by atoms with Gasteiger partial charge in [-0.3, -0.25) is 9.59 Å².